The Morgan fingerprint density at radius 1 is 0.941 bits per heavy atom. The van der Waals surface area contributed by atoms with Gasteiger partial charge in [-0.2, -0.15) is 0 Å². The Morgan fingerprint density at radius 2 is 1.62 bits per heavy atom. The second kappa shape index (κ2) is 10.5. The number of amides is 1. The summed E-state index contributed by atoms with van der Waals surface area (Å²) in [5.74, 6) is 1.74. The molecule has 34 heavy (non-hydrogen) atoms. The van der Waals surface area contributed by atoms with Crippen molar-refractivity contribution in [3.63, 3.8) is 0 Å². The molecular weight excluding hydrogens is 454 g/mol. The molecule has 0 fully saturated rings. The Balaban J connectivity index is 1.60. The van der Waals surface area contributed by atoms with Gasteiger partial charge in [-0.3, -0.25) is 4.79 Å². The van der Waals surface area contributed by atoms with E-state index in [2.05, 4.69) is 15.3 Å². The molecule has 2 N–H and O–H groups in total. The van der Waals surface area contributed by atoms with Gasteiger partial charge in [-0.25, -0.2) is 4.98 Å². The number of imidazole rings is 1. The molecule has 0 aliphatic heterocycles. The van der Waals surface area contributed by atoms with Crippen molar-refractivity contribution in [3.05, 3.63) is 65.2 Å². The smallest absolute Gasteiger partial charge is 0.255 e. The van der Waals surface area contributed by atoms with Crippen molar-refractivity contribution >= 4 is 34.2 Å². The monoisotopic (exact) mass is 479 g/mol. The quantitative estimate of drug-likeness (QED) is 0.293. The lowest BCUT2D eigenvalue weighted by Gasteiger charge is -2.17. The normalized spacial score (nSPS) is 10.8. The molecule has 1 heterocycles. The maximum atomic E-state index is 13.1. The first kappa shape index (κ1) is 23.4. The van der Waals surface area contributed by atoms with Gasteiger partial charge in [0.15, 0.2) is 11.5 Å². The topological polar surface area (TPSA) is 85.5 Å². The first-order valence-corrected chi connectivity index (χ1v) is 11.5. The lowest BCUT2D eigenvalue weighted by Crippen LogP contribution is -2.13. The van der Waals surface area contributed by atoms with Gasteiger partial charge in [-0.15, -0.1) is 0 Å². The fourth-order valence-electron chi connectivity index (χ4n) is 3.59. The number of nitrogens with zero attached hydrogens (tertiary/aromatic N) is 1. The molecule has 0 saturated carbocycles. The summed E-state index contributed by atoms with van der Waals surface area (Å²) in [4.78, 5) is 20.9. The molecule has 0 atom stereocenters. The van der Waals surface area contributed by atoms with Crippen LogP contribution >= 0.6 is 11.6 Å². The molecule has 0 saturated heterocycles. The molecule has 4 aromatic rings. The number of benzene rings is 3. The van der Waals surface area contributed by atoms with E-state index >= 15 is 0 Å². The molecule has 0 spiro atoms. The van der Waals surface area contributed by atoms with Crippen molar-refractivity contribution in [2.45, 2.75) is 20.8 Å². The zero-order valence-electron chi connectivity index (χ0n) is 19.3. The lowest BCUT2D eigenvalue weighted by molar-refractivity contribution is 0.102. The number of hydrogen-bond acceptors (Lipinski definition) is 5. The first-order valence-electron chi connectivity index (χ1n) is 11.2. The van der Waals surface area contributed by atoms with E-state index in [0.29, 0.717) is 59.2 Å². The third-order valence-electron chi connectivity index (χ3n) is 5.04. The van der Waals surface area contributed by atoms with Gasteiger partial charge in [0.25, 0.3) is 5.91 Å². The summed E-state index contributed by atoms with van der Waals surface area (Å²) in [6.07, 6.45) is 0. The summed E-state index contributed by atoms with van der Waals surface area (Å²) in [6, 6.07) is 16.4. The maximum Gasteiger partial charge on any atom is 0.255 e. The average molecular weight is 480 g/mol. The number of anilines is 1. The number of H-pyrrole nitrogens is 1. The summed E-state index contributed by atoms with van der Waals surface area (Å²) in [6.45, 7) is 6.92. The SMILES string of the molecule is CCOc1cc(C(=O)Nc2ccc(-c3nc4ccccc4[nH]3)c(Cl)c2)cc(OCC)c1OCC. The van der Waals surface area contributed by atoms with Gasteiger partial charge in [0.05, 0.1) is 35.9 Å². The van der Waals surface area contributed by atoms with E-state index in [9.17, 15) is 4.79 Å². The van der Waals surface area contributed by atoms with Crippen LogP contribution in [0.4, 0.5) is 5.69 Å². The van der Waals surface area contributed by atoms with E-state index < -0.39 is 0 Å². The molecule has 0 aliphatic rings. The molecule has 1 aromatic heterocycles. The molecule has 176 valence electrons. The Labute approximate surface area is 203 Å². The van der Waals surface area contributed by atoms with E-state index in [0.717, 1.165) is 16.6 Å². The van der Waals surface area contributed by atoms with E-state index in [1.54, 1.807) is 24.3 Å². The zero-order chi connectivity index (χ0) is 24.1. The molecule has 4 rings (SSSR count). The van der Waals surface area contributed by atoms with Gasteiger partial charge in [0, 0.05) is 16.8 Å². The number of fused-ring (bicyclic) bond motifs is 1. The third-order valence-corrected chi connectivity index (χ3v) is 5.36. The van der Waals surface area contributed by atoms with Crippen LogP contribution in [0, 0.1) is 0 Å². The van der Waals surface area contributed by atoms with E-state index in [1.165, 1.54) is 0 Å². The third kappa shape index (κ3) is 4.94. The number of carbonyl (C=O) groups excluding carboxylic acids is 1. The largest absolute Gasteiger partial charge is 0.490 e. The second-order valence-electron chi connectivity index (χ2n) is 7.35. The number of aromatic amines is 1. The highest BCUT2D eigenvalue weighted by Gasteiger charge is 2.19. The van der Waals surface area contributed by atoms with Gasteiger partial charge in [-0.1, -0.05) is 23.7 Å². The fourth-order valence-corrected chi connectivity index (χ4v) is 3.86. The summed E-state index contributed by atoms with van der Waals surface area (Å²) in [5, 5.41) is 3.35. The Bertz CT molecular complexity index is 1260. The van der Waals surface area contributed by atoms with Gasteiger partial charge >= 0.3 is 0 Å². The highest BCUT2D eigenvalue weighted by molar-refractivity contribution is 6.33. The molecule has 0 bridgehead atoms. The maximum absolute atomic E-state index is 13.1. The summed E-state index contributed by atoms with van der Waals surface area (Å²) >= 11 is 6.54. The highest BCUT2D eigenvalue weighted by Crippen LogP contribution is 2.39. The second-order valence-corrected chi connectivity index (χ2v) is 7.76. The predicted molar refractivity (Wildman–Crippen MR) is 134 cm³/mol. The Morgan fingerprint density at radius 3 is 2.24 bits per heavy atom. The summed E-state index contributed by atoms with van der Waals surface area (Å²) in [5.41, 5.74) is 3.47. The van der Waals surface area contributed by atoms with Crippen molar-refractivity contribution in [2.75, 3.05) is 25.1 Å². The lowest BCUT2D eigenvalue weighted by atomic mass is 10.1. The molecule has 0 unspecified atom stereocenters. The number of hydrogen-bond donors (Lipinski definition) is 2. The average Bonchev–Trinajstić information content (AvgIpc) is 3.25. The van der Waals surface area contributed by atoms with Crippen molar-refractivity contribution in [1.82, 2.24) is 9.97 Å². The number of halogens is 1. The minimum atomic E-state index is -0.322. The minimum absolute atomic E-state index is 0.322. The first-order chi connectivity index (χ1) is 16.5. The van der Waals surface area contributed by atoms with Crippen molar-refractivity contribution < 1.29 is 19.0 Å². The number of carbonyl (C=O) groups is 1. The van der Waals surface area contributed by atoms with Crippen molar-refractivity contribution in [3.8, 4) is 28.6 Å². The van der Waals surface area contributed by atoms with Crippen molar-refractivity contribution in [1.29, 1.82) is 0 Å². The van der Waals surface area contributed by atoms with Crippen LogP contribution in [0.2, 0.25) is 5.02 Å². The number of nitrogens with one attached hydrogen (secondary N) is 2. The van der Waals surface area contributed by atoms with Gasteiger partial charge in [0.2, 0.25) is 5.75 Å². The van der Waals surface area contributed by atoms with Gasteiger partial charge < -0.3 is 24.5 Å². The zero-order valence-corrected chi connectivity index (χ0v) is 20.0. The summed E-state index contributed by atoms with van der Waals surface area (Å²) < 4.78 is 17.1. The summed E-state index contributed by atoms with van der Waals surface area (Å²) in [7, 11) is 0. The molecular formula is C26H26ClN3O4. The van der Waals surface area contributed by atoms with E-state index in [4.69, 9.17) is 25.8 Å². The molecule has 0 radical (unpaired) electrons. The predicted octanol–water partition coefficient (Wildman–Crippen LogP) is 6.33. The molecule has 8 heteroatoms. The fraction of sp³-hybridized carbons (Fsp3) is 0.231. The Hall–Kier alpha value is -3.71. The van der Waals surface area contributed by atoms with Gasteiger partial charge in [0.1, 0.15) is 5.82 Å². The minimum Gasteiger partial charge on any atom is -0.490 e. The number of rotatable bonds is 9. The number of para-hydroxylation sites is 2. The molecule has 7 nitrogen and oxygen atoms in total. The standard InChI is InChI=1S/C26H26ClN3O4/c1-4-32-22-13-16(14-23(33-5-2)24(22)34-6-3)26(31)28-17-11-12-18(19(27)15-17)25-29-20-9-7-8-10-21(20)30-25/h7-15H,4-6H2,1-3H3,(H,28,31)(H,29,30). The van der Waals surface area contributed by atoms with Crippen molar-refractivity contribution in [2.24, 2.45) is 0 Å². The van der Waals surface area contributed by atoms with Crippen LogP contribution < -0.4 is 19.5 Å². The molecule has 0 aliphatic carbocycles. The number of ether oxygens (including phenoxy) is 3. The highest BCUT2D eigenvalue weighted by atomic mass is 35.5. The van der Waals surface area contributed by atoms with Crippen LogP contribution in [0.15, 0.2) is 54.6 Å². The van der Waals surface area contributed by atoms with E-state index in [1.807, 2.05) is 51.1 Å². The van der Waals surface area contributed by atoms with Crippen LogP contribution in [0.25, 0.3) is 22.4 Å². The van der Waals surface area contributed by atoms with Crippen LogP contribution in [0.5, 0.6) is 17.2 Å². The molecule has 3 aromatic carbocycles. The van der Waals surface area contributed by atoms with Crippen LogP contribution in [0.3, 0.4) is 0 Å². The van der Waals surface area contributed by atoms with Gasteiger partial charge in [-0.05, 0) is 63.2 Å². The van der Waals surface area contributed by atoms with Crippen LogP contribution in [-0.4, -0.2) is 35.7 Å². The Kier molecular flexibility index (Phi) is 7.23. The van der Waals surface area contributed by atoms with E-state index in [-0.39, 0.29) is 5.91 Å². The van der Waals surface area contributed by atoms with Crippen LogP contribution in [0.1, 0.15) is 31.1 Å². The molecule has 1 amide bonds. The number of aromatic nitrogens is 2. The van der Waals surface area contributed by atoms with Crippen LogP contribution in [-0.2, 0) is 0 Å².